The average molecular weight is 285 g/mol. The van der Waals surface area contributed by atoms with Gasteiger partial charge in [-0.25, -0.2) is 8.78 Å². The van der Waals surface area contributed by atoms with Crippen molar-refractivity contribution < 1.29 is 22.3 Å². The van der Waals surface area contributed by atoms with E-state index in [9.17, 15) is 17.6 Å². The molecular formula is C13H23F4NO. The summed E-state index contributed by atoms with van der Waals surface area (Å²) in [6, 6.07) is -0.166. The van der Waals surface area contributed by atoms with E-state index in [4.69, 9.17) is 4.74 Å². The molecule has 19 heavy (non-hydrogen) atoms. The van der Waals surface area contributed by atoms with E-state index >= 15 is 0 Å². The van der Waals surface area contributed by atoms with Crippen LogP contribution in [0, 0.1) is 0 Å². The largest absolute Gasteiger partial charge is 0.373 e. The highest BCUT2D eigenvalue weighted by Gasteiger charge is 2.41. The predicted octanol–water partition coefficient (Wildman–Crippen LogP) is 3.63. The van der Waals surface area contributed by atoms with Gasteiger partial charge in [-0.05, 0) is 25.8 Å². The summed E-state index contributed by atoms with van der Waals surface area (Å²) in [5, 5.41) is 3.13. The monoisotopic (exact) mass is 285 g/mol. The maximum Gasteiger partial charge on any atom is 0.330 e. The molecule has 0 fully saturated rings. The summed E-state index contributed by atoms with van der Waals surface area (Å²) in [5.41, 5.74) is 0.970. The van der Waals surface area contributed by atoms with Gasteiger partial charge in [0.15, 0.2) is 0 Å². The lowest BCUT2D eigenvalue weighted by atomic mass is 10.1. The molecule has 0 aromatic carbocycles. The zero-order valence-electron chi connectivity index (χ0n) is 11.5. The number of ether oxygens (including phenoxy) is 1. The minimum atomic E-state index is -4.09. The van der Waals surface area contributed by atoms with Crippen LogP contribution in [0.25, 0.3) is 0 Å². The highest BCUT2D eigenvalue weighted by molar-refractivity contribution is 4.96. The first-order valence-electron chi connectivity index (χ1n) is 6.47. The molecule has 114 valence electrons. The summed E-state index contributed by atoms with van der Waals surface area (Å²) in [6.45, 7) is 7.20. The molecule has 1 unspecified atom stereocenters. The molecule has 0 radical (unpaired) electrons. The van der Waals surface area contributed by atoms with Gasteiger partial charge in [0.25, 0.3) is 0 Å². The van der Waals surface area contributed by atoms with Crippen molar-refractivity contribution in [3.05, 3.63) is 12.2 Å². The number of hydrogen-bond donors (Lipinski definition) is 1. The van der Waals surface area contributed by atoms with E-state index in [1.54, 1.807) is 0 Å². The maximum absolute atomic E-state index is 12.7. The molecule has 0 spiro atoms. The van der Waals surface area contributed by atoms with Crippen LogP contribution >= 0.6 is 0 Å². The van der Waals surface area contributed by atoms with Crippen LogP contribution in [0.15, 0.2) is 12.2 Å². The van der Waals surface area contributed by atoms with Crippen LogP contribution in [0.1, 0.15) is 33.1 Å². The number of rotatable bonds is 11. The van der Waals surface area contributed by atoms with E-state index in [-0.39, 0.29) is 12.6 Å². The molecule has 0 aliphatic carbocycles. The van der Waals surface area contributed by atoms with Crippen LogP contribution in [0.4, 0.5) is 17.6 Å². The van der Waals surface area contributed by atoms with E-state index < -0.39 is 19.0 Å². The van der Waals surface area contributed by atoms with Crippen LogP contribution in [0.3, 0.4) is 0 Å². The molecule has 1 atom stereocenters. The maximum atomic E-state index is 12.7. The third-order valence-electron chi connectivity index (χ3n) is 2.65. The van der Waals surface area contributed by atoms with E-state index in [2.05, 4.69) is 11.9 Å². The lowest BCUT2D eigenvalue weighted by Crippen LogP contribution is -2.38. The fraction of sp³-hybridized carbons (Fsp3) is 0.846. The van der Waals surface area contributed by atoms with Crippen molar-refractivity contribution in [2.45, 2.75) is 51.5 Å². The van der Waals surface area contributed by atoms with Crippen molar-refractivity contribution in [1.29, 1.82) is 0 Å². The number of nitrogens with one attached hydrogen (secondary N) is 1. The zero-order chi connectivity index (χ0) is 14.9. The van der Waals surface area contributed by atoms with E-state index in [0.717, 1.165) is 25.0 Å². The molecule has 0 amide bonds. The van der Waals surface area contributed by atoms with Crippen LogP contribution in [-0.2, 0) is 4.74 Å². The summed E-state index contributed by atoms with van der Waals surface area (Å²) < 4.78 is 53.9. The molecule has 0 aromatic rings. The van der Waals surface area contributed by atoms with Crippen LogP contribution in [0.5, 0.6) is 0 Å². The molecule has 0 bridgehead atoms. The number of hydrogen-bond acceptors (Lipinski definition) is 2. The van der Waals surface area contributed by atoms with E-state index in [1.165, 1.54) is 0 Å². The predicted molar refractivity (Wildman–Crippen MR) is 67.9 cm³/mol. The Balaban J connectivity index is 4.14. The van der Waals surface area contributed by atoms with Crippen LogP contribution in [0.2, 0.25) is 0 Å². The van der Waals surface area contributed by atoms with Gasteiger partial charge in [0, 0.05) is 6.04 Å². The van der Waals surface area contributed by atoms with Gasteiger partial charge < -0.3 is 10.1 Å². The summed E-state index contributed by atoms with van der Waals surface area (Å²) in [4.78, 5) is 0. The molecule has 0 saturated carbocycles. The van der Waals surface area contributed by atoms with Gasteiger partial charge in [-0.15, -0.1) is 0 Å². The Morgan fingerprint density at radius 2 is 1.95 bits per heavy atom. The van der Waals surface area contributed by atoms with Crippen molar-refractivity contribution in [3.8, 4) is 0 Å². The van der Waals surface area contributed by atoms with Crippen LogP contribution < -0.4 is 5.32 Å². The first-order valence-corrected chi connectivity index (χ1v) is 6.47. The summed E-state index contributed by atoms with van der Waals surface area (Å²) in [7, 11) is 0. The van der Waals surface area contributed by atoms with Crippen LogP contribution in [-0.4, -0.2) is 38.1 Å². The smallest absolute Gasteiger partial charge is 0.330 e. The quantitative estimate of drug-likeness (QED) is 0.462. The lowest BCUT2D eigenvalue weighted by Gasteiger charge is -2.21. The zero-order valence-corrected chi connectivity index (χ0v) is 11.5. The summed E-state index contributed by atoms with van der Waals surface area (Å²) in [6.07, 6.45) is -1.42. The fourth-order valence-corrected chi connectivity index (χ4v) is 1.43. The van der Waals surface area contributed by atoms with Crippen molar-refractivity contribution in [1.82, 2.24) is 5.32 Å². The second-order valence-corrected chi connectivity index (χ2v) is 4.54. The Labute approximate surface area is 112 Å². The molecule has 0 aliphatic heterocycles. The van der Waals surface area contributed by atoms with Crippen molar-refractivity contribution in [2.75, 3.05) is 19.8 Å². The Bertz CT molecular complexity index is 259. The Hall–Kier alpha value is -0.620. The molecule has 0 aliphatic rings. The standard InChI is InChI=1S/C13H23F4NO/c1-4-6-18-11(7-10(3)5-2)8-19-9-13(16,17)12(14)15/h11-12,18H,3-9H2,1-2H3. The van der Waals surface area contributed by atoms with Gasteiger partial charge in [-0.2, -0.15) is 8.78 Å². The van der Waals surface area contributed by atoms with Gasteiger partial charge in [0.1, 0.15) is 6.61 Å². The first kappa shape index (κ1) is 18.4. The molecule has 2 nitrogen and oxygen atoms in total. The minimum absolute atomic E-state index is 0.0265. The van der Waals surface area contributed by atoms with Crippen molar-refractivity contribution in [3.63, 3.8) is 0 Å². The Morgan fingerprint density at radius 3 is 2.42 bits per heavy atom. The highest BCUT2D eigenvalue weighted by atomic mass is 19.3. The molecule has 0 saturated heterocycles. The SMILES string of the molecule is C=C(CC)CC(COCC(F)(F)C(F)F)NCCC. The molecule has 0 heterocycles. The molecular weight excluding hydrogens is 262 g/mol. The van der Waals surface area contributed by atoms with Crippen molar-refractivity contribution >= 4 is 0 Å². The topological polar surface area (TPSA) is 21.3 Å². The molecule has 0 rings (SSSR count). The van der Waals surface area contributed by atoms with Gasteiger partial charge in [0.05, 0.1) is 6.61 Å². The van der Waals surface area contributed by atoms with Gasteiger partial charge in [0.2, 0.25) is 0 Å². The van der Waals surface area contributed by atoms with E-state index in [1.807, 2.05) is 13.8 Å². The second-order valence-electron chi connectivity index (χ2n) is 4.54. The number of halogens is 4. The molecule has 6 heteroatoms. The summed E-state index contributed by atoms with van der Waals surface area (Å²) >= 11 is 0. The third-order valence-corrected chi connectivity index (χ3v) is 2.65. The Morgan fingerprint density at radius 1 is 1.32 bits per heavy atom. The summed E-state index contributed by atoms with van der Waals surface area (Å²) in [5.74, 6) is -4.09. The minimum Gasteiger partial charge on any atom is -0.373 e. The Kier molecular flexibility index (Phi) is 9.01. The fourth-order valence-electron chi connectivity index (χ4n) is 1.43. The highest BCUT2D eigenvalue weighted by Crippen LogP contribution is 2.23. The lowest BCUT2D eigenvalue weighted by molar-refractivity contribution is -0.167. The third kappa shape index (κ3) is 8.21. The van der Waals surface area contributed by atoms with Gasteiger partial charge in [-0.3, -0.25) is 0 Å². The first-order chi connectivity index (χ1) is 8.83. The average Bonchev–Trinajstić information content (AvgIpc) is 2.34. The van der Waals surface area contributed by atoms with Crippen molar-refractivity contribution in [2.24, 2.45) is 0 Å². The van der Waals surface area contributed by atoms with Gasteiger partial charge >= 0.3 is 12.3 Å². The number of alkyl halides is 4. The molecule has 1 N–H and O–H groups in total. The normalized spacial score (nSPS) is 13.8. The second kappa shape index (κ2) is 9.31. The van der Waals surface area contributed by atoms with Gasteiger partial charge in [-0.1, -0.05) is 26.0 Å². The van der Waals surface area contributed by atoms with E-state index in [0.29, 0.717) is 6.42 Å². The molecule has 0 aromatic heterocycles.